The van der Waals surface area contributed by atoms with Crippen LogP contribution in [0, 0.1) is 6.92 Å². The van der Waals surface area contributed by atoms with E-state index >= 15 is 0 Å². The van der Waals surface area contributed by atoms with Crippen LogP contribution in [0.1, 0.15) is 5.56 Å². The number of hydrogen-bond acceptors (Lipinski definition) is 3. The summed E-state index contributed by atoms with van der Waals surface area (Å²) in [6.07, 6.45) is 1.53. The zero-order valence-corrected chi connectivity index (χ0v) is 11.9. The number of ether oxygens (including phenoxy) is 1. The van der Waals surface area contributed by atoms with E-state index in [0.717, 1.165) is 10.2 Å². The summed E-state index contributed by atoms with van der Waals surface area (Å²) in [5, 5.41) is 0. The normalized spacial score (nSPS) is 10.4. The molecule has 0 aliphatic rings. The third kappa shape index (κ3) is 3.57. The predicted octanol–water partition coefficient (Wildman–Crippen LogP) is 1.69. The summed E-state index contributed by atoms with van der Waals surface area (Å²) in [6, 6.07) is 7.44. The number of rotatable bonds is 4. The quantitative estimate of drug-likeness (QED) is 0.930. The lowest BCUT2D eigenvalue weighted by Crippen LogP contribution is -2.32. The van der Waals surface area contributed by atoms with Crippen molar-refractivity contribution >= 4 is 15.9 Å². The highest BCUT2D eigenvalue weighted by Gasteiger charge is 2.01. The van der Waals surface area contributed by atoms with E-state index in [4.69, 9.17) is 4.74 Å². The zero-order chi connectivity index (χ0) is 13.8. The standard InChI is InChI=1S/C13H13BrN2O3/c1-9-8-16(13(18)15-12(9)17)6-7-19-11-4-2-10(14)3-5-11/h2-5,8H,6-7H2,1H3,(H,15,17,18). The van der Waals surface area contributed by atoms with E-state index in [9.17, 15) is 9.59 Å². The maximum Gasteiger partial charge on any atom is 0.328 e. The number of H-pyrrole nitrogens is 1. The maximum atomic E-state index is 11.5. The highest BCUT2D eigenvalue weighted by molar-refractivity contribution is 9.10. The van der Waals surface area contributed by atoms with Crippen LogP contribution in [-0.2, 0) is 6.54 Å². The van der Waals surface area contributed by atoms with Crippen molar-refractivity contribution in [2.75, 3.05) is 6.61 Å². The molecule has 0 amide bonds. The number of aryl methyl sites for hydroxylation is 1. The van der Waals surface area contributed by atoms with E-state index in [-0.39, 0.29) is 5.56 Å². The molecule has 0 atom stereocenters. The van der Waals surface area contributed by atoms with Gasteiger partial charge in [0, 0.05) is 16.2 Å². The van der Waals surface area contributed by atoms with Crippen LogP contribution in [0.15, 0.2) is 44.5 Å². The largest absolute Gasteiger partial charge is 0.492 e. The van der Waals surface area contributed by atoms with Gasteiger partial charge in [0.25, 0.3) is 5.56 Å². The lowest BCUT2D eigenvalue weighted by atomic mass is 10.3. The minimum absolute atomic E-state index is 0.352. The van der Waals surface area contributed by atoms with Gasteiger partial charge >= 0.3 is 5.69 Å². The minimum atomic E-state index is -0.421. The van der Waals surface area contributed by atoms with Crippen molar-refractivity contribution in [3.8, 4) is 5.75 Å². The molecule has 2 rings (SSSR count). The summed E-state index contributed by atoms with van der Waals surface area (Å²) in [5.41, 5.74) is -0.270. The second kappa shape index (κ2) is 5.88. The second-order valence-corrected chi connectivity index (χ2v) is 4.98. The van der Waals surface area contributed by atoms with E-state index in [0.29, 0.717) is 18.7 Å². The highest BCUT2D eigenvalue weighted by Crippen LogP contribution is 2.15. The number of aromatic amines is 1. The van der Waals surface area contributed by atoms with Crippen LogP contribution < -0.4 is 16.0 Å². The summed E-state index contributed by atoms with van der Waals surface area (Å²) >= 11 is 3.34. The SMILES string of the molecule is Cc1cn(CCOc2ccc(Br)cc2)c(=O)[nH]c1=O. The third-order valence-corrected chi connectivity index (χ3v) is 3.13. The van der Waals surface area contributed by atoms with Crippen LogP contribution in [0.5, 0.6) is 5.75 Å². The monoisotopic (exact) mass is 324 g/mol. The van der Waals surface area contributed by atoms with Crippen LogP contribution in [0.4, 0.5) is 0 Å². The van der Waals surface area contributed by atoms with Gasteiger partial charge in [-0.3, -0.25) is 14.3 Å². The average Bonchev–Trinajstić information content (AvgIpc) is 2.38. The molecule has 2 aromatic rings. The molecule has 0 saturated heterocycles. The first-order valence-electron chi connectivity index (χ1n) is 5.75. The van der Waals surface area contributed by atoms with E-state index in [2.05, 4.69) is 20.9 Å². The molecule has 1 N–H and O–H groups in total. The second-order valence-electron chi connectivity index (χ2n) is 4.07. The van der Waals surface area contributed by atoms with Crippen molar-refractivity contribution in [2.24, 2.45) is 0 Å². The molecular weight excluding hydrogens is 312 g/mol. The van der Waals surface area contributed by atoms with Gasteiger partial charge in [-0.15, -0.1) is 0 Å². The Balaban J connectivity index is 2.00. The van der Waals surface area contributed by atoms with Gasteiger partial charge in [-0.2, -0.15) is 0 Å². The van der Waals surface area contributed by atoms with Gasteiger partial charge in [-0.25, -0.2) is 4.79 Å². The number of benzene rings is 1. The molecule has 1 aromatic heterocycles. The predicted molar refractivity (Wildman–Crippen MR) is 75.7 cm³/mol. The minimum Gasteiger partial charge on any atom is -0.492 e. The highest BCUT2D eigenvalue weighted by atomic mass is 79.9. The van der Waals surface area contributed by atoms with Gasteiger partial charge in [0.1, 0.15) is 12.4 Å². The van der Waals surface area contributed by atoms with Gasteiger partial charge in [0.05, 0.1) is 6.54 Å². The number of nitrogens with zero attached hydrogens (tertiary/aromatic N) is 1. The van der Waals surface area contributed by atoms with Crippen LogP contribution in [0.2, 0.25) is 0 Å². The first kappa shape index (κ1) is 13.6. The van der Waals surface area contributed by atoms with Crippen LogP contribution in [-0.4, -0.2) is 16.2 Å². The fourth-order valence-corrected chi connectivity index (χ4v) is 1.84. The Morgan fingerprint density at radius 3 is 2.63 bits per heavy atom. The first-order chi connectivity index (χ1) is 9.06. The maximum absolute atomic E-state index is 11.5. The van der Waals surface area contributed by atoms with Crippen LogP contribution in [0.3, 0.4) is 0 Å². The Morgan fingerprint density at radius 2 is 1.95 bits per heavy atom. The summed E-state index contributed by atoms with van der Waals surface area (Å²) in [7, 11) is 0. The topological polar surface area (TPSA) is 64.1 Å². The van der Waals surface area contributed by atoms with Crippen molar-refractivity contribution in [3.63, 3.8) is 0 Å². The number of nitrogens with one attached hydrogen (secondary N) is 1. The van der Waals surface area contributed by atoms with Gasteiger partial charge in [-0.05, 0) is 31.2 Å². The molecule has 0 unspecified atom stereocenters. The van der Waals surface area contributed by atoms with Crippen molar-refractivity contribution < 1.29 is 4.74 Å². The average molecular weight is 325 g/mol. The first-order valence-corrected chi connectivity index (χ1v) is 6.54. The summed E-state index contributed by atoms with van der Waals surface area (Å²) in [5.74, 6) is 0.734. The Labute approximate surface area is 118 Å². The van der Waals surface area contributed by atoms with Crippen molar-refractivity contribution in [1.29, 1.82) is 0 Å². The molecule has 5 nitrogen and oxygen atoms in total. The molecule has 19 heavy (non-hydrogen) atoms. The van der Waals surface area contributed by atoms with Crippen molar-refractivity contribution in [1.82, 2.24) is 9.55 Å². The van der Waals surface area contributed by atoms with E-state index < -0.39 is 5.69 Å². The molecule has 1 heterocycles. The lowest BCUT2D eigenvalue weighted by Gasteiger charge is -2.08. The van der Waals surface area contributed by atoms with Crippen molar-refractivity contribution in [2.45, 2.75) is 13.5 Å². The lowest BCUT2D eigenvalue weighted by molar-refractivity contribution is 0.295. The molecule has 0 radical (unpaired) electrons. The Hall–Kier alpha value is -1.82. The smallest absolute Gasteiger partial charge is 0.328 e. The van der Waals surface area contributed by atoms with Crippen molar-refractivity contribution in [3.05, 3.63) is 61.3 Å². The zero-order valence-electron chi connectivity index (χ0n) is 10.4. The number of halogens is 1. The fraction of sp³-hybridized carbons (Fsp3) is 0.231. The molecule has 6 heteroatoms. The van der Waals surface area contributed by atoms with E-state index in [1.807, 2.05) is 24.3 Å². The summed E-state index contributed by atoms with van der Waals surface area (Å²) in [6.45, 7) is 2.39. The molecule has 0 spiro atoms. The van der Waals surface area contributed by atoms with Crippen LogP contribution in [0.25, 0.3) is 0 Å². The van der Waals surface area contributed by atoms with E-state index in [1.165, 1.54) is 10.8 Å². The number of hydrogen-bond donors (Lipinski definition) is 1. The van der Waals surface area contributed by atoms with Gasteiger partial charge in [0.15, 0.2) is 0 Å². The van der Waals surface area contributed by atoms with Crippen LogP contribution >= 0.6 is 15.9 Å². The van der Waals surface area contributed by atoms with Gasteiger partial charge < -0.3 is 4.74 Å². The molecule has 0 aliphatic heterocycles. The molecular formula is C13H13BrN2O3. The summed E-state index contributed by atoms with van der Waals surface area (Å²) in [4.78, 5) is 25.0. The molecule has 100 valence electrons. The molecule has 0 saturated carbocycles. The molecule has 0 bridgehead atoms. The molecule has 0 aliphatic carbocycles. The van der Waals surface area contributed by atoms with E-state index in [1.54, 1.807) is 6.92 Å². The number of aromatic nitrogens is 2. The fourth-order valence-electron chi connectivity index (χ4n) is 1.58. The van der Waals surface area contributed by atoms with Gasteiger partial charge in [0.2, 0.25) is 0 Å². The molecule has 1 aromatic carbocycles. The molecule has 0 fully saturated rings. The Kier molecular flexibility index (Phi) is 4.21. The summed E-state index contributed by atoms with van der Waals surface area (Å²) < 4.78 is 7.92. The Morgan fingerprint density at radius 1 is 1.26 bits per heavy atom. The van der Waals surface area contributed by atoms with Gasteiger partial charge in [-0.1, -0.05) is 15.9 Å². The Bertz CT molecular complexity index is 674. The third-order valence-electron chi connectivity index (χ3n) is 2.60.